The van der Waals surface area contributed by atoms with Gasteiger partial charge in [-0.3, -0.25) is 0 Å². The monoisotopic (exact) mass is 265 g/mol. The highest BCUT2D eigenvalue weighted by atomic mass is 19.1. The smallest absolute Gasteiger partial charge is 0.170 e. The van der Waals surface area contributed by atoms with Crippen molar-refractivity contribution >= 4 is 11.5 Å². The molecular weight excluding hydrogens is 245 g/mol. The molecule has 19 heavy (non-hydrogen) atoms. The lowest BCUT2D eigenvalue weighted by atomic mass is 10.1. The second-order valence-corrected chi connectivity index (χ2v) is 5.18. The van der Waals surface area contributed by atoms with Crippen molar-refractivity contribution < 1.29 is 9.60 Å². The van der Waals surface area contributed by atoms with E-state index in [0.29, 0.717) is 17.2 Å². The fourth-order valence-electron chi connectivity index (χ4n) is 2.71. The standard InChI is InChI=1S/C14H20FN3O/c1-18(9-10-4-2-3-5-10)13-7-6-11(8-12(13)15)14(16)17-19/h6-8,10,19H,2-5,9H2,1H3,(H2,16,17). The summed E-state index contributed by atoms with van der Waals surface area (Å²) >= 11 is 0. The fraction of sp³-hybridized carbons (Fsp3) is 0.500. The van der Waals surface area contributed by atoms with E-state index in [2.05, 4.69) is 5.16 Å². The number of rotatable bonds is 4. The first-order valence-corrected chi connectivity index (χ1v) is 6.60. The molecular formula is C14H20FN3O. The summed E-state index contributed by atoms with van der Waals surface area (Å²) in [7, 11) is 1.90. The van der Waals surface area contributed by atoms with Crippen molar-refractivity contribution in [3.8, 4) is 0 Å². The molecule has 1 aromatic rings. The van der Waals surface area contributed by atoms with Crippen LogP contribution in [0, 0.1) is 11.7 Å². The quantitative estimate of drug-likeness (QED) is 0.380. The Morgan fingerprint density at radius 1 is 1.47 bits per heavy atom. The fourth-order valence-corrected chi connectivity index (χ4v) is 2.71. The van der Waals surface area contributed by atoms with Gasteiger partial charge in [-0.25, -0.2) is 4.39 Å². The Morgan fingerprint density at radius 3 is 2.74 bits per heavy atom. The van der Waals surface area contributed by atoms with Crippen molar-refractivity contribution in [1.82, 2.24) is 0 Å². The lowest BCUT2D eigenvalue weighted by Gasteiger charge is -2.23. The molecule has 2 rings (SSSR count). The molecule has 1 fully saturated rings. The molecule has 1 aliphatic rings. The summed E-state index contributed by atoms with van der Waals surface area (Å²) in [4.78, 5) is 1.95. The highest BCUT2D eigenvalue weighted by molar-refractivity contribution is 5.97. The number of amidine groups is 1. The van der Waals surface area contributed by atoms with Crippen LogP contribution in [0.1, 0.15) is 31.2 Å². The number of benzene rings is 1. The van der Waals surface area contributed by atoms with Gasteiger partial charge in [0.2, 0.25) is 0 Å². The minimum absolute atomic E-state index is 0.0797. The van der Waals surface area contributed by atoms with Gasteiger partial charge in [0, 0.05) is 19.2 Å². The van der Waals surface area contributed by atoms with Crippen LogP contribution in [0.4, 0.5) is 10.1 Å². The van der Waals surface area contributed by atoms with E-state index in [1.165, 1.54) is 31.7 Å². The van der Waals surface area contributed by atoms with Gasteiger partial charge in [0.15, 0.2) is 5.84 Å². The Kier molecular flexibility index (Phi) is 4.24. The van der Waals surface area contributed by atoms with Gasteiger partial charge in [-0.15, -0.1) is 0 Å². The van der Waals surface area contributed by atoms with Crippen LogP contribution in [0.15, 0.2) is 23.4 Å². The molecule has 1 aliphatic carbocycles. The summed E-state index contributed by atoms with van der Waals surface area (Å²) in [6.45, 7) is 0.875. The zero-order valence-corrected chi connectivity index (χ0v) is 11.1. The Bertz CT molecular complexity index is 470. The lowest BCUT2D eigenvalue weighted by molar-refractivity contribution is 0.318. The number of nitrogens with zero attached hydrogens (tertiary/aromatic N) is 2. The van der Waals surface area contributed by atoms with Gasteiger partial charge in [-0.1, -0.05) is 18.0 Å². The molecule has 0 bridgehead atoms. The van der Waals surface area contributed by atoms with Crippen molar-refractivity contribution in [3.63, 3.8) is 0 Å². The first-order valence-electron chi connectivity index (χ1n) is 6.60. The van der Waals surface area contributed by atoms with Crippen molar-refractivity contribution in [2.45, 2.75) is 25.7 Å². The van der Waals surface area contributed by atoms with E-state index in [1.807, 2.05) is 11.9 Å². The van der Waals surface area contributed by atoms with Crippen LogP contribution in [0.25, 0.3) is 0 Å². The number of oxime groups is 1. The molecule has 0 radical (unpaired) electrons. The molecule has 0 atom stereocenters. The average Bonchev–Trinajstić information content (AvgIpc) is 2.90. The summed E-state index contributed by atoms with van der Waals surface area (Å²) in [5.74, 6) is 0.238. The van der Waals surface area contributed by atoms with Crippen LogP contribution in [0.5, 0.6) is 0 Å². The van der Waals surface area contributed by atoms with Crippen LogP contribution >= 0.6 is 0 Å². The SMILES string of the molecule is CN(CC1CCCC1)c1ccc(C(N)=NO)cc1F. The molecule has 0 spiro atoms. The van der Waals surface area contributed by atoms with Gasteiger partial charge < -0.3 is 15.8 Å². The van der Waals surface area contributed by atoms with Crippen LogP contribution in [-0.4, -0.2) is 24.6 Å². The van der Waals surface area contributed by atoms with E-state index in [-0.39, 0.29) is 11.7 Å². The average molecular weight is 265 g/mol. The first-order chi connectivity index (χ1) is 9.11. The van der Waals surface area contributed by atoms with Gasteiger partial charge in [-0.05, 0) is 37.0 Å². The van der Waals surface area contributed by atoms with Gasteiger partial charge in [0.05, 0.1) is 5.69 Å². The van der Waals surface area contributed by atoms with Crippen molar-refractivity contribution in [1.29, 1.82) is 0 Å². The second kappa shape index (κ2) is 5.91. The van der Waals surface area contributed by atoms with Crippen LogP contribution in [0.3, 0.4) is 0 Å². The Balaban J connectivity index is 2.11. The van der Waals surface area contributed by atoms with Gasteiger partial charge in [0.1, 0.15) is 5.82 Å². The molecule has 104 valence electrons. The van der Waals surface area contributed by atoms with E-state index in [9.17, 15) is 4.39 Å². The second-order valence-electron chi connectivity index (χ2n) is 5.18. The largest absolute Gasteiger partial charge is 0.409 e. The van der Waals surface area contributed by atoms with Crippen molar-refractivity contribution in [3.05, 3.63) is 29.6 Å². The third-order valence-corrected chi connectivity index (χ3v) is 3.77. The maximum Gasteiger partial charge on any atom is 0.170 e. The molecule has 4 nitrogen and oxygen atoms in total. The van der Waals surface area contributed by atoms with E-state index in [1.54, 1.807) is 12.1 Å². The van der Waals surface area contributed by atoms with Gasteiger partial charge in [-0.2, -0.15) is 0 Å². The Morgan fingerprint density at radius 2 is 2.16 bits per heavy atom. The topological polar surface area (TPSA) is 61.8 Å². The minimum Gasteiger partial charge on any atom is -0.409 e. The van der Waals surface area contributed by atoms with E-state index in [4.69, 9.17) is 10.9 Å². The molecule has 0 unspecified atom stereocenters. The van der Waals surface area contributed by atoms with Crippen LogP contribution in [-0.2, 0) is 0 Å². The third kappa shape index (κ3) is 3.16. The molecule has 5 heteroatoms. The van der Waals surface area contributed by atoms with Gasteiger partial charge in [0.25, 0.3) is 0 Å². The normalized spacial score (nSPS) is 16.8. The summed E-state index contributed by atoms with van der Waals surface area (Å²) in [6, 6.07) is 4.64. The predicted octanol–water partition coefficient (Wildman–Crippen LogP) is 2.55. The predicted molar refractivity (Wildman–Crippen MR) is 74.1 cm³/mol. The third-order valence-electron chi connectivity index (χ3n) is 3.77. The van der Waals surface area contributed by atoms with Crippen LogP contribution < -0.4 is 10.6 Å². The summed E-state index contributed by atoms with van der Waals surface area (Å²) in [5, 5.41) is 11.4. The number of hydrogen-bond acceptors (Lipinski definition) is 3. The molecule has 3 N–H and O–H groups in total. The molecule has 0 aromatic heterocycles. The zero-order valence-electron chi connectivity index (χ0n) is 11.1. The van der Waals surface area contributed by atoms with E-state index in [0.717, 1.165) is 6.54 Å². The van der Waals surface area contributed by atoms with Gasteiger partial charge >= 0.3 is 0 Å². The maximum atomic E-state index is 14.0. The zero-order chi connectivity index (χ0) is 13.8. The number of nitrogens with two attached hydrogens (primary N) is 1. The molecule has 0 aliphatic heterocycles. The summed E-state index contributed by atoms with van der Waals surface area (Å²) in [5.41, 5.74) is 6.39. The molecule has 1 aromatic carbocycles. The molecule has 1 saturated carbocycles. The summed E-state index contributed by atoms with van der Waals surface area (Å²) < 4.78 is 14.0. The highest BCUT2D eigenvalue weighted by Gasteiger charge is 2.18. The summed E-state index contributed by atoms with van der Waals surface area (Å²) in [6.07, 6.45) is 5.02. The highest BCUT2D eigenvalue weighted by Crippen LogP contribution is 2.28. The Labute approximate surface area is 112 Å². The minimum atomic E-state index is -0.343. The Hall–Kier alpha value is -1.78. The molecule has 0 saturated heterocycles. The number of halogens is 1. The van der Waals surface area contributed by atoms with Crippen molar-refractivity contribution in [2.75, 3.05) is 18.5 Å². The van der Waals surface area contributed by atoms with Crippen molar-refractivity contribution in [2.24, 2.45) is 16.8 Å². The van der Waals surface area contributed by atoms with Crippen LogP contribution in [0.2, 0.25) is 0 Å². The molecule has 0 amide bonds. The lowest BCUT2D eigenvalue weighted by Crippen LogP contribution is -2.25. The first kappa shape index (κ1) is 13.6. The maximum absolute atomic E-state index is 14.0. The number of hydrogen-bond donors (Lipinski definition) is 2. The molecule has 0 heterocycles. The van der Waals surface area contributed by atoms with E-state index < -0.39 is 0 Å². The number of anilines is 1. The van der Waals surface area contributed by atoms with E-state index >= 15 is 0 Å².